The molecule has 0 fully saturated rings. The van der Waals surface area contributed by atoms with E-state index in [-0.39, 0.29) is 0 Å². The summed E-state index contributed by atoms with van der Waals surface area (Å²) >= 11 is 0. The number of furan rings is 1. The fraction of sp³-hybridized carbons (Fsp3) is 0. The molecule has 0 amide bonds. The second kappa shape index (κ2) is 11.4. The second-order valence-corrected chi connectivity index (χ2v) is 12.5. The summed E-state index contributed by atoms with van der Waals surface area (Å²) in [4.78, 5) is 14.9. The fourth-order valence-corrected chi connectivity index (χ4v) is 7.05. The van der Waals surface area contributed by atoms with Gasteiger partial charge in [-0.05, 0) is 59.7 Å². The summed E-state index contributed by atoms with van der Waals surface area (Å²) in [6, 6.07) is 58.7. The molecule has 0 unspecified atom stereocenters. The molecule has 234 valence electrons. The van der Waals surface area contributed by atoms with Crippen LogP contribution in [0, 0.1) is 0 Å². The van der Waals surface area contributed by atoms with Crippen molar-refractivity contribution < 1.29 is 4.42 Å². The predicted octanol–water partition coefficient (Wildman–Crippen LogP) is 11.5. The average Bonchev–Trinajstić information content (AvgIpc) is 3.74. The Morgan fingerprint density at radius 2 is 0.860 bits per heavy atom. The SMILES string of the molecule is c1ccc(-c2nc(-c3ccc(-c4cccc(-n5c6ccccc6c6ccccc65)c4)cc3)nc(-c3ccc4oc5ccccc5c4c3)n2)cc1. The molecule has 0 saturated carbocycles. The van der Waals surface area contributed by atoms with E-state index in [1.54, 1.807) is 0 Å². The van der Waals surface area contributed by atoms with Crippen molar-refractivity contribution in [3.05, 3.63) is 170 Å². The minimum Gasteiger partial charge on any atom is -0.456 e. The van der Waals surface area contributed by atoms with Crippen LogP contribution in [0.1, 0.15) is 0 Å². The lowest BCUT2D eigenvalue weighted by atomic mass is 10.0. The van der Waals surface area contributed by atoms with Crippen LogP contribution in [0.25, 0.3) is 94.7 Å². The highest BCUT2D eigenvalue weighted by molar-refractivity contribution is 6.09. The van der Waals surface area contributed by atoms with Crippen molar-refractivity contribution >= 4 is 43.7 Å². The minimum atomic E-state index is 0.615. The number of benzene rings is 7. The van der Waals surface area contributed by atoms with E-state index in [0.29, 0.717) is 17.5 Å². The van der Waals surface area contributed by atoms with Gasteiger partial charge in [-0.1, -0.05) is 121 Å². The molecular weight excluding hydrogens is 613 g/mol. The third-order valence-corrected chi connectivity index (χ3v) is 9.46. The first-order valence-electron chi connectivity index (χ1n) is 16.7. The van der Waals surface area contributed by atoms with Gasteiger partial charge in [-0.3, -0.25) is 0 Å². The van der Waals surface area contributed by atoms with Crippen LogP contribution >= 0.6 is 0 Å². The van der Waals surface area contributed by atoms with Crippen molar-refractivity contribution in [2.75, 3.05) is 0 Å². The maximum absolute atomic E-state index is 6.09. The van der Waals surface area contributed by atoms with Gasteiger partial charge >= 0.3 is 0 Å². The minimum absolute atomic E-state index is 0.615. The number of fused-ring (bicyclic) bond motifs is 6. The van der Waals surface area contributed by atoms with E-state index in [0.717, 1.165) is 55.4 Å². The molecule has 0 N–H and O–H groups in total. The molecule has 10 aromatic rings. The molecule has 10 rings (SSSR count). The molecule has 5 nitrogen and oxygen atoms in total. The average molecular weight is 641 g/mol. The summed E-state index contributed by atoms with van der Waals surface area (Å²) in [6.07, 6.45) is 0. The molecular formula is C45H28N4O. The zero-order valence-corrected chi connectivity index (χ0v) is 26.9. The zero-order valence-electron chi connectivity index (χ0n) is 26.9. The van der Waals surface area contributed by atoms with Gasteiger partial charge in [0.15, 0.2) is 17.5 Å². The van der Waals surface area contributed by atoms with Crippen LogP contribution in [0.3, 0.4) is 0 Å². The molecule has 7 aromatic carbocycles. The Hall–Kier alpha value is -6.85. The largest absolute Gasteiger partial charge is 0.456 e. The van der Waals surface area contributed by atoms with Crippen molar-refractivity contribution in [2.24, 2.45) is 0 Å². The molecule has 0 saturated heterocycles. The van der Waals surface area contributed by atoms with E-state index in [4.69, 9.17) is 19.4 Å². The maximum atomic E-state index is 6.09. The van der Waals surface area contributed by atoms with Crippen molar-refractivity contribution in [2.45, 2.75) is 0 Å². The van der Waals surface area contributed by atoms with Crippen LogP contribution in [0.15, 0.2) is 174 Å². The lowest BCUT2D eigenvalue weighted by Crippen LogP contribution is -2.00. The van der Waals surface area contributed by atoms with Gasteiger partial charge in [0.2, 0.25) is 0 Å². The number of hydrogen-bond donors (Lipinski definition) is 0. The van der Waals surface area contributed by atoms with Gasteiger partial charge in [-0.25, -0.2) is 15.0 Å². The summed E-state index contributed by atoms with van der Waals surface area (Å²) in [6.45, 7) is 0. The molecule has 0 bridgehead atoms. The molecule has 0 radical (unpaired) electrons. The molecule has 0 aliphatic heterocycles. The normalized spacial score (nSPS) is 11.6. The van der Waals surface area contributed by atoms with Gasteiger partial charge in [0.05, 0.1) is 11.0 Å². The Morgan fingerprint density at radius 3 is 1.58 bits per heavy atom. The summed E-state index contributed by atoms with van der Waals surface area (Å²) < 4.78 is 8.44. The van der Waals surface area contributed by atoms with Crippen LogP contribution in [-0.2, 0) is 0 Å². The third kappa shape index (κ3) is 4.67. The van der Waals surface area contributed by atoms with Crippen molar-refractivity contribution in [3.63, 3.8) is 0 Å². The van der Waals surface area contributed by atoms with Gasteiger partial charge in [-0.15, -0.1) is 0 Å². The van der Waals surface area contributed by atoms with E-state index in [1.165, 1.54) is 21.8 Å². The van der Waals surface area contributed by atoms with Gasteiger partial charge in [0.1, 0.15) is 11.2 Å². The summed E-state index contributed by atoms with van der Waals surface area (Å²) in [5.74, 6) is 1.87. The Kier molecular flexibility index (Phi) is 6.42. The Morgan fingerprint density at radius 1 is 0.340 bits per heavy atom. The highest BCUT2D eigenvalue weighted by Crippen LogP contribution is 2.35. The fourth-order valence-electron chi connectivity index (χ4n) is 7.05. The lowest BCUT2D eigenvalue weighted by Gasteiger charge is -2.11. The van der Waals surface area contributed by atoms with E-state index < -0.39 is 0 Å². The Bertz CT molecular complexity index is 2810. The quantitative estimate of drug-likeness (QED) is 0.188. The van der Waals surface area contributed by atoms with E-state index in [9.17, 15) is 0 Å². The number of nitrogens with zero attached hydrogens (tertiary/aromatic N) is 4. The highest BCUT2D eigenvalue weighted by atomic mass is 16.3. The van der Waals surface area contributed by atoms with Gasteiger partial charge < -0.3 is 8.98 Å². The first kappa shape index (κ1) is 28.2. The van der Waals surface area contributed by atoms with Crippen LogP contribution in [0.4, 0.5) is 0 Å². The molecule has 50 heavy (non-hydrogen) atoms. The molecule has 0 spiro atoms. The number of rotatable bonds is 5. The molecule has 0 aliphatic rings. The van der Waals surface area contributed by atoms with Crippen LogP contribution in [-0.4, -0.2) is 19.5 Å². The topological polar surface area (TPSA) is 56.7 Å². The van der Waals surface area contributed by atoms with E-state index in [2.05, 4.69) is 114 Å². The van der Waals surface area contributed by atoms with Gasteiger partial charge in [0.25, 0.3) is 0 Å². The first-order valence-corrected chi connectivity index (χ1v) is 16.7. The Labute approximate surface area is 287 Å². The number of aromatic nitrogens is 4. The van der Waals surface area contributed by atoms with Crippen LogP contribution in [0.5, 0.6) is 0 Å². The van der Waals surface area contributed by atoms with Crippen molar-refractivity contribution in [1.82, 2.24) is 19.5 Å². The summed E-state index contributed by atoms with van der Waals surface area (Å²) in [5.41, 5.74) is 10.2. The lowest BCUT2D eigenvalue weighted by molar-refractivity contribution is 0.669. The van der Waals surface area contributed by atoms with Crippen LogP contribution in [0.2, 0.25) is 0 Å². The molecule has 0 aliphatic carbocycles. The smallest absolute Gasteiger partial charge is 0.164 e. The third-order valence-electron chi connectivity index (χ3n) is 9.46. The van der Waals surface area contributed by atoms with Crippen molar-refractivity contribution in [3.8, 4) is 51.0 Å². The molecule has 5 heteroatoms. The molecule has 0 atom stereocenters. The van der Waals surface area contributed by atoms with Crippen molar-refractivity contribution in [1.29, 1.82) is 0 Å². The number of para-hydroxylation sites is 3. The molecule has 3 aromatic heterocycles. The molecule has 3 heterocycles. The first-order chi connectivity index (χ1) is 24.8. The maximum Gasteiger partial charge on any atom is 0.164 e. The van der Waals surface area contributed by atoms with Gasteiger partial charge in [0, 0.05) is 43.9 Å². The van der Waals surface area contributed by atoms with Crippen LogP contribution < -0.4 is 0 Å². The highest BCUT2D eigenvalue weighted by Gasteiger charge is 2.16. The van der Waals surface area contributed by atoms with E-state index in [1.807, 2.05) is 60.7 Å². The predicted molar refractivity (Wildman–Crippen MR) is 203 cm³/mol. The van der Waals surface area contributed by atoms with E-state index >= 15 is 0 Å². The summed E-state index contributed by atoms with van der Waals surface area (Å²) in [5, 5.41) is 4.61. The van der Waals surface area contributed by atoms with Gasteiger partial charge in [-0.2, -0.15) is 0 Å². The zero-order chi connectivity index (χ0) is 33.0. The summed E-state index contributed by atoms with van der Waals surface area (Å²) in [7, 11) is 0. The standard InChI is InChI=1S/C45H28N4O/c1-2-11-30(12-3-1)43-46-44(48-45(47-43)33-25-26-42-38(28-33)37-17-6-9-20-41(37)50-42)31-23-21-29(22-24-31)32-13-10-14-34(27-32)49-39-18-7-4-15-35(39)36-16-5-8-19-40(36)49/h1-28H. The monoisotopic (exact) mass is 640 g/mol. The Balaban J connectivity index is 1.06. The number of hydrogen-bond acceptors (Lipinski definition) is 4. The second-order valence-electron chi connectivity index (χ2n) is 12.5.